The van der Waals surface area contributed by atoms with E-state index in [9.17, 15) is 5.11 Å². The van der Waals surface area contributed by atoms with Crippen molar-refractivity contribution >= 4 is 6.08 Å². The smallest absolute Gasteiger partial charge is 0.126 e. The Morgan fingerprint density at radius 2 is 1.96 bits per heavy atom. The average Bonchev–Trinajstić information content (AvgIpc) is 3.14. The van der Waals surface area contributed by atoms with Crippen LogP contribution in [0.4, 0.5) is 0 Å². The van der Waals surface area contributed by atoms with Crippen LogP contribution in [0, 0.1) is 0 Å². The summed E-state index contributed by atoms with van der Waals surface area (Å²) >= 11 is 0. The van der Waals surface area contributed by atoms with E-state index < -0.39 is 6.10 Å². The first-order valence-corrected chi connectivity index (χ1v) is 9.68. The second-order valence-electron chi connectivity index (χ2n) is 7.07. The van der Waals surface area contributed by atoms with Gasteiger partial charge >= 0.3 is 0 Å². The topological polar surface area (TPSA) is 45.8 Å². The van der Waals surface area contributed by atoms with Crippen molar-refractivity contribution < 1.29 is 14.3 Å². The van der Waals surface area contributed by atoms with Crippen molar-refractivity contribution in [2.24, 2.45) is 0 Å². The van der Waals surface area contributed by atoms with Crippen molar-refractivity contribution in [2.45, 2.75) is 19.1 Å². The number of nitrogens with zero attached hydrogens (tertiary/aromatic N) is 1. The molecule has 1 atom stereocenters. The molecule has 1 unspecified atom stereocenters. The first-order valence-electron chi connectivity index (χ1n) is 9.68. The molecule has 0 bridgehead atoms. The summed E-state index contributed by atoms with van der Waals surface area (Å²) in [5.74, 6) is 1.77. The van der Waals surface area contributed by atoms with Gasteiger partial charge in [-0.1, -0.05) is 42.5 Å². The highest BCUT2D eigenvalue weighted by Crippen LogP contribution is 2.28. The number of fused-ring (bicyclic) bond motifs is 1. The van der Waals surface area contributed by atoms with Crippen LogP contribution < -0.4 is 4.74 Å². The van der Waals surface area contributed by atoms with Crippen LogP contribution in [0.5, 0.6) is 5.75 Å². The lowest BCUT2D eigenvalue weighted by Gasteiger charge is -2.18. The Kier molecular flexibility index (Phi) is 5.90. The van der Waals surface area contributed by atoms with Gasteiger partial charge in [-0.3, -0.25) is 4.90 Å². The Hall–Kier alpha value is -2.82. The van der Waals surface area contributed by atoms with E-state index in [1.54, 1.807) is 6.26 Å². The second-order valence-corrected chi connectivity index (χ2v) is 7.07. The van der Waals surface area contributed by atoms with Gasteiger partial charge in [0.05, 0.1) is 12.4 Å². The molecule has 0 amide bonds. The number of ether oxygens (including phenoxy) is 1. The van der Waals surface area contributed by atoms with Gasteiger partial charge in [0.1, 0.15) is 18.1 Å². The third kappa shape index (κ3) is 4.71. The molecular formula is C24H25NO3. The lowest BCUT2D eigenvalue weighted by atomic mass is 9.99. The first-order chi connectivity index (χ1) is 13.8. The quantitative estimate of drug-likeness (QED) is 0.691. The van der Waals surface area contributed by atoms with Gasteiger partial charge in [0.25, 0.3) is 0 Å². The summed E-state index contributed by atoms with van der Waals surface area (Å²) in [6.45, 7) is 3.14. The number of hydrogen-bond acceptors (Lipinski definition) is 4. The van der Waals surface area contributed by atoms with Crippen LogP contribution in [-0.2, 0) is 13.0 Å². The zero-order valence-corrected chi connectivity index (χ0v) is 15.8. The van der Waals surface area contributed by atoms with Gasteiger partial charge in [-0.25, -0.2) is 0 Å². The van der Waals surface area contributed by atoms with Crippen LogP contribution in [-0.4, -0.2) is 29.7 Å². The van der Waals surface area contributed by atoms with Crippen molar-refractivity contribution in [3.05, 3.63) is 95.5 Å². The number of aliphatic hydroxyl groups excluding tert-OH is 1. The molecule has 0 saturated heterocycles. The summed E-state index contributed by atoms with van der Waals surface area (Å²) in [6.07, 6.45) is 5.86. The Balaban J connectivity index is 1.44. The highest BCUT2D eigenvalue weighted by molar-refractivity contribution is 5.42. The molecule has 0 saturated carbocycles. The van der Waals surface area contributed by atoms with E-state index >= 15 is 0 Å². The van der Waals surface area contributed by atoms with Crippen LogP contribution in [0.1, 0.15) is 28.6 Å². The normalized spacial score (nSPS) is 15.8. The fourth-order valence-corrected chi connectivity index (χ4v) is 3.49. The molecule has 1 aliphatic rings. The second kappa shape index (κ2) is 8.91. The molecule has 144 valence electrons. The Morgan fingerprint density at radius 3 is 2.79 bits per heavy atom. The van der Waals surface area contributed by atoms with E-state index in [2.05, 4.69) is 17.0 Å². The molecule has 2 aromatic carbocycles. The van der Waals surface area contributed by atoms with Crippen LogP contribution in [0.15, 0.2) is 77.4 Å². The third-order valence-corrected chi connectivity index (χ3v) is 4.99. The first kappa shape index (κ1) is 18.5. The summed E-state index contributed by atoms with van der Waals surface area (Å²) in [7, 11) is 0. The van der Waals surface area contributed by atoms with Crippen molar-refractivity contribution in [2.75, 3.05) is 19.7 Å². The van der Waals surface area contributed by atoms with Crippen molar-refractivity contribution in [3.63, 3.8) is 0 Å². The fourth-order valence-electron chi connectivity index (χ4n) is 3.49. The van der Waals surface area contributed by atoms with Gasteiger partial charge < -0.3 is 14.3 Å². The lowest BCUT2D eigenvalue weighted by Crippen LogP contribution is -2.25. The van der Waals surface area contributed by atoms with E-state index in [4.69, 9.17) is 9.15 Å². The number of rotatable bonds is 6. The number of aliphatic hydroxyl groups is 1. The third-order valence-electron chi connectivity index (χ3n) is 4.99. The predicted molar refractivity (Wildman–Crippen MR) is 110 cm³/mol. The minimum Gasteiger partial charge on any atom is -0.492 e. The minimum atomic E-state index is -0.525. The van der Waals surface area contributed by atoms with E-state index in [1.807, 2.05) is 60.7 Å². The largest absolute Gasteiger partial charge is 0.492 e. The van der Waals surface area contributed by atoms with Crippen LogP contribution in [0.2, 0.25) is 0 Å². The molecule has 1 aliphatic heterocycles. The molecule has 0 aliphatic carbocycles. The summed E-state index contributed by atoms with van der Waals surface area (Å²) in [5.41, 5.74) is 3.18. The molecule has 3 aromatic rings. The van der Waals surface area contributed by atoms with Gasteiger partial charge in [-0.05, 0) is 41.5 Å². The van der Waals surface area contributed by atoms with Gasteiger partial charge in [-0.15, -0.1) is 0 Å². The van der Waals surface area contributed by atoms with Gasteiger partial charge in [0, 0.05) is 31.6 Å². The summed E-state index contributed by atoms with van der Waals surface area (Å²) in [4.78, 5) is 2.33. The highest BCUT2D eigenvalue weighted by Gasteiger charge is 2.17. The van der Waals surface area contributed by atoms with Gasteiger partial charge in [0.2, 0.25) is 0 Å². The molecule has 0 spiro atoms. The maximum atomic E-state index is 10.7. The minimum absolute atomic E-state index is 0.525. The molecule has 1 aromatic heterocycles. The lowest BCUT2D eigenvalue weighted by molar-refractivity contribution is 0.178. The average molecular weight is 375 g/mol. The molecule has 4 heteroatoms. The zero-order chi connectivity index (χ0) is 19.2. The number of furan rings is 1. The van der Waals surface area contributed by atoms with Gasteiger partial charge in [-0.2, -0.15) is 0 Å². The number of benzene rings is 2. The van der Waals surface area contributed by atoms with Crippen molar-refractivity contribution in [1.29, 1.82) is 0 Å². The molecule has 4 nitrogen and oxygen atoms in total. The molecular weight excluding hydrogens is 350 g/mol. The molecule has 2 heterocycles. The SMILES string of the molecule is OC(Cc1ccccc1)c1ccc2c(c1)CN(C/C=C/c1ccco1)CCO2. The summed E-state index contributed by atoms with van der Waals surface area (Å²) < 4.78 is 11.3. The maximum absolute atomic E-state index is 10.7. The van der Waals surface area contributed by atoms with Crippen molar-refractivity contribution in [3.8, 4) is 5.75 Å². The molecule has 1 N–H and O–H groups in total. The van der Waals surface area contributed by atoms with E-state index in [-0.39, 0.29) is 0 Å². The monoisotopic (exact) mass is 375 g/mol. The Labute approximate surface area is 165 Å². The molecule has 28 heavy (non-hydrogen) atoms. The summed E-state index contributed by atoms with van der Waals surface area (Å²) in [6, 6.07) is 19.9. The predicted octanol–water partition coefficient (Wildman–Crippen LogP) is 4.46. The molecule has 4 rings (SSSR count). The molecule has 0 radical (unpaired) electrons. The highest BCUT2D eigenvalue weighted by atomic mass is 16.5. The van der Waals surface area contributed by atoms with Crippen molar-refractivity contribution in [1.82, 2.24) is 4.90 Å². The number of hydrogen-bond donors (Lipinski definition) is 1. The standard InChI is InChI=1S/C24H25NO3/c26-23(16-19-6-2-1-3-7-19)20-10-11-24-21(17-20)18-25(13-15-28-24)12-4-8-22-9-5-14-27-22/h1-11,14,17,23,26H,12-13,15-16,18H2/b8-4+. The zero-order valence-electron chi connectivity index (χ0n) is 15.8. The maximum Gasteiger partial charge on any atom is 0.126 e. The molecule has 0 fully saturated rings. The Morgan fingerprint density at radius 1 is 1.07 bits per heavy atom. The van der Waals surface area contributed by atoms with Crippen LogP contribution in [0.3, 0.4) is 0 Å². The van der Waals surface area contributed by atoms with Gasteiger partial charge in [0.15, 0.2) is 0 Å². The fraction of sp³-hybridized carbons (Fsp3) is 0.250. The van der Waals surface area contributed by atoms with E-state index in [0.29, 0.717) is 13.0 Å². The van der Waals surface area contributed by atoms with Crippen LogP contribution in [0.25, 0.3) is 6.08 Å². The van der Waals surface area contributed by atoms with Crippen LogP contribution >= 0.6 is 0 Å². The Bertz CT molecular complexity index is 903. The van der Waals surface area contributed by atoms with E-state index in [0.717, 1.165) is 47.8 Å². The van der Waals surface area contributed by atoms with E-state index in [1.165, 1.54) is 0 Å². The summed E-state index contributed by atoms with van der Waals surface area (Å²) in [5, 5.41) is 10.7.